The van der Waals surface area contributed by atoms with Crippen LogP contribution in [0.5, 0.6) is 0 Å². The predicted octanol–water partition coefficient (Wildman–Crippen LogP) is 4.18. The van der Waals surface area contributed by atoms with Crippen molar-refractivity contribution in [1.29, 1.82) is 0 Å². The van der Waals surface area contributed by atoms with E-state index in [9.17, 15) is 9.59 Å². The summed E-state index contributed by atoms with van der Waals surface area (Å²) in [5.74, 6) is 0.583. The van der Waals surface area contributed by atoms with Crippen LogP contribution in [0.3, 0.4) is 0 Å². The quantitative estimate of drug-likeness (QED) is 0.805. The van der Waals surface area contributed by atoms with Gasteiger partial charge in [-0.15, -0.1) is 11.3 Å². The Morgan fingerprint density at radius 1 is 1.26 bits per heavy atom. The summed E-state index contributed by atoms with van der Waals surface area (Å²) in [6.45, 7) is 3.70. The third kappa shape index (κ3) is 3.04. The van der Waals surface area contributed by atoms with Crippen molar-refractivity contribution in [2.75, 3.05) is 7.11 Å². The predicted molar refractivity (Wildman–Crippen MR) is 102 cm³/mol. The molecular weight excluding hydrogens is 362 g/mol. The van der Waals surface area contributed by atoms with E-state index in [2.05, 4.69) is 11.4 Å². The van der Waals surface area contributed by atoms with Gasteiger partial charge in [-0.3, -0.25) is 4.79 Å². The number of carbonyl (C=O) groups is 2. The Kier molecular flexibility index (Phi) is 4.52. The van der Waals surface area contributed by atoms with Crippen molar-refractivity contribution >= 4 is 23.1 Å². The van der Waals surface area contributed by atoms with Crippen molar-refractivity contribution in [1.82, 2.24) is 5.32 Å². The summed E-state index contributed by atoms with van der Waals surface area (Å²) in [5.41, 5.74) is 2.66. The summed E-state index contributed by atoms with van der Waals surface area (Å²) < 4.78 is 10.8. The number of hydrogen-bond donors (Lipinski definition) is 1. The molecular formula is C21H21NO4S. The number of dihydropyridines is 1. The van der Waals surface area contributed by atoms with Gasteiger partial charge >= 0.3 is 5.97 Å². The maximum atomic E-state index is 13.2. The van der Waals surface area contributed by atoms with E-state index in [0.29, 0.717) is 29.0 Å². The number of methoxy groups -OCH3 is 1. The highest BCUT2D eigenvalue weighted by Gasteiger charge is 2.42. The summed E-state index contributed by atoms with van der Waals surface area (Å²) in [6, 6.07) is 7.78. The molecule has 3 heterocycles. The van der Waals surface area contributed by atoms with Gasteiger partial charge in [-0.25, -0.2) is 4.79 Å². The van der Waals surface area contributed by atoms with Crippen LogP contribution in [0.4, 0.5) is 0 Å². The lowest BCUT2D eigenvalue weighted by atomic mass is 9.74. The lowest BCUT2D eigenvalue weighted by Gasteiger charge is -2.35. The van der Waals surface area contributed by atoms with Crippen LogP contribution in [0, 0.1) is 6.92 Å². The highest BCUT2D eigenvalue weighted by atomic mass is 32.1. The summed E-state index contributed by atoms with van der Waals surface area (Å²) in [7, 11) is 1.35. The first-order valence-corrected chi connectivity index (χ1v) is 9.79. The Balaban J connectivity index is 1.81. The third-order valence-electron chi connectivity index (χ3n) is 5.22. The van der Waals surface area contributed by atoms with Gasteiger partial charge in [-0.2, -0.15) is 0 Å². The number of thiophene rings is 1. The molecule has 2 aromatic heterocycles. The van der Waals surface area contributed by atoms with Crippen LogP contribution in [-0.2, 0) is 14.3 Å². The largest absolute Gasteiger partial charge is 0.466 e. The number of Topliss-reactive ketones (excluding diaryl/α,β-unsaturated/α-hetero) is 1. The number of allylic oxidation sites excluding steroid dienone is 3. The van der Waals surface area contributed by atoms with Crippen LogP contribution < -0.4 is 5.32 Å². The van der Waals surface area contributed by atoms with Gasteiger partial charge in [0.15, 0.2) is 5.78 Å². The molecule has 27 heavy (non-hydrogen) atoms. The molecule has 0 saturated carbocycles. The molecule has 0 amide bonds. The molecule has 1 aliphatic heterocycles. The van der Waals surface area contributed by atoms with E-state index in [1.165, 1.54) is 12.0 Å². The van der Waals surface area contributed by atoms with E-state index in [1.807, 2.05) is 37.4 Å². The van der Waals surface area contributed by atoms with Crippen LogP contribution in [0.2, 0.25) is 0 Å². The van der Waals surface area contributed by atoms with Crippen molar-refractivity contribution in [3.8, 4) is 0 Å². The molecule has 0 spiro atoms. The fourth-order valence-electron chi connectivity index (χ4n) is 4.04. The molecule has 4 rings (SSSR count). The van der Waals surface area contributed by atoms with Crippen molar-refractivity contribution in [3.63, 3.8) is 0 Å². The van der Waals surface area contributed by atoms with Gasteiger partial charge in [-0.05, 0) is 43.8 Å². The van der Waals surface area contributed by atoms with E-state index < -0.39 is 11.9 Å². The molecule has 1 N–H and O–H groups in total. The molecule has 2 atom stereocenters. The van der Waals surface area contributed by atoms with E-state index in [-0.39, 0.29) is 11.7 Å². The fraction of sp³-hybridized carbons (Fsp3) is 0.333. The Hall–Kier alpha value is -2.60. The van der Waals surface area contributed by atoms with Crippen molar-refractivity contribution in [3.05, 3.63) is 68.6 Å². The third-order valence-corrected chi connectivity index (χ3v) is 6.26. The second-order valence-corrected chi connectivity index (χ2v) is 7.95. The fourth-order valence-corrected chi connectivity index (χ4v) is 4.87. The van der Waals surface area contributed by atoms with E-state index in [4.69, 9.17) is 9.15 Å². The monoisotopic (exact) mass is 383 g/mol. The zero-order chi connectivity index (χ0) is 19.1. The Bertz CT molecular complexity index is 964. The highest BCUT2D eigenvalue weighted by molar-refractivity contribution is 7.10. The zero-order valence-corrected chi connectivity index (χ0v) is 16.3. The van der Waals surface area contributed by atoms with Crippen LogP contribution in [0.25, 0.3) is 0 Å². The van der Waals surface area contributed by atoms with Gasteiger partial charge in [-0.1, -0.05) is 6.07 Å². The van der Waals surface area contributed by atoms with Crippen LogP contribution in [0.15, 0.2) is 56.6 Å². The zero-order valence-electron chi connectivity index (χ0n) is 15.5. The number of esters is 1. The van der Waals surface area contributed by atoms with E-state index in [1.54, 1.807) is 11.3 Å². The molecule has 5 nitrogen and oxygen atoms in total. The number of ether oxygens (including phenoxy) is 1. The van der Waals surface area contributed by atoms with Crippen LogP contribution in [-0.4, -0.2) is 18.9 Å². The molecule has 0 unspecified atom stereocenters. The molecule has 140 valence electrons. The van der Waals surface area contributed by atoms with Crippen molar-refractivity contribution in [2.45, 2.75) is 38.5 Å². The highest BCUT2D eigenvalue weighted by Crippen LogP contribution is 2.46. The molecule has 2 aromatic rings. The second-order valence-electron chi connectivity index (χ2n) is 6.97. The minimum Gasteiger partial charge on any atom is -0.466 e. The Morgan fingerprint density at radius 2 is 2.07 bits per heavy atom. The molecule has 1 aliphatic carbocycles. The molecule has 0 fully saturated rings. The molecule has 0 bridgehead atoms. The number of ketones is 1. The topological polar surface area (TPSA) is 68.5 Å². The van der Waals surface area contributed by atoms with Crippen LogP contribution >= 0.6 is 11.3 Å². The lowest BCUT2D eigenvalue weighted by molar-refractivity contribution is -0.136. The van der Waals surface area contributed by atoms with Gasteiger partial charge in [0.1, 0.15) is 11.5 Å². The van der Waals surface area contributed by atoms with Gasteiger partial charge < -0.3 is 14.5 Å². The maximum absolute atomic E-state index is 13.2. The molecule has 0 aromatic carbocycles. The van der Waals surface area contributed by atoms with Gasteiger partial charge in [0.05, 0.1) is 18.6 Å². The smallest absolute Gasteiger partial charge is 0.336 e. The second kappa shape index (κ2) is 6.85. The molecule has 6 heteroatoms. The van der Waals surface area contributed by atoms with Crippen molar-refractivity contribution in [2.24, 2.45) is 0 Å². The summed E-state index contributed by atoms with van der Waals surface area (Å²) in [4.78, 5) is 26.9. The maximum Gasteiger partial charge on any atom is 0.336 e. The molecule has 0 radical (unpaired) electrons. The summed E-state index contributed by atoms with van der Waals surface area (Å²) >= 11 is 1.67. The lowest BCUT2D eigenvalue weighted by Crippen LogP contribution is -2.35. The number of furan rings is 1. The molecule has 2 aliphatic rings. The normalized spacial score (nSPS) is 22.6. The Labute approximate surface area is 161 Å². The number of hydrogen-bond acceptors (Lipinski definition) is 6. The number of carbonyl (C=O) groups excluding carboxylic acids is 2. The summed E-state index contributed by atoms with van der Waals surface area (Å²) in [6.07, 6.45) is 1.17. The van der Waals surface area contributed by atoms with Crippen molar-refractivity contribution < 1.29 is 18.7 Å². The van der Waals surface area contributed by atoms with Gasteiger partial charge in [0, 0.05) is 34.2 Å². The first kappa shape index (κ1) is 17.8. The minimum atomic E-state index is -0.529. The van der Waals surface area contributed by atoms with E-state index >= 15 is 0 Å². The average molecular weight is 383 g/mol. The number of aryl methyl sites for hydroxylation is 1. The van der Waals surface area contributed by atoms with Gasteiger partial charge in [0.25, 0.3) is 0 Å². The SMILES string of the molecule is COC(=O)C1=C(C)NC2=C(C(=O)C[C@H](c3cccs3)C2)[C@@H]1c1ccc(C)o1. The minimum absolute atomic E-state index is 0.0510. The Morgan fingerprint density at radius 3 is 2.70 bits per heavy atom. The number of rotatable bonds is 3. The van der Waals surface area contributed by atoms with E-state index in [0.717, 1.165) is 17.9 Å². The first-order chi connectivity index (χ1) is 13.0. The van der Waals surface area contributed by atoms with Gasteiger partial charge in [0.2, 0.25) is 0 Å². The summed E-state index contributed by atoms with van der Waals surface area (Å²) in [5, 5.41) is 5.35. The van der Waals surface area contributed by atoms with Crippen LogP contribution in [0.1, 0.15) is 48.0 Å². The molecule has 0 saturated heterocycles. The first-order valence-electron chi connectivity index (χ1n) is 8.91. The average Bonchev–Trinajstić information content (AvgIpc) is 3.31. The number of nitrogens with one attached hydrogen (secondary N) is 1. The standard InChI is InChI=1S/C21H21NO4S/c1-11-6-7-16(26-11)20-18(21(24)25-3)12(2)22-14-9-13(10-15(23)19(14)20)17-5-4-8-27-17/h4-8,13,20,22H,9-10H2,1-3H3/t13-,20-/m1/s1.